The van der Waals surface area contributed by atoms with Crippen LogP contribution in [0.25, 0.3) is 11.1 Å². The fourth-order valence-electron chi connectivity index (χ4n) is 5.94. The van der Waals surface area contributed by atoms with E-state index in [9.17, 15) is 4.79 Å². The van der Waals surface area contributed by atoms with Gasteiger partial charge in [0.2, 0.25) is 17.7 Å². The topological polar surface area (TPSA) is 142 Å². The molecule has 3 aromatic heterocycles. The van der Waals surface area contributed by atoms with Crippen molar-refractivity contribution in [3.63, 3.8) is 0 Å². The zero-order valence-corrected chi connectivity index (χ0v) is 23.5. The van der Waals surface area contributed by atoms with E-state index in [1.807, 2.05) is 6.20 Å². The zero-order chi connectivity index (χ0) is 28.3. The van der Waals surface area contributed by atoms with E-state index in [2.05, 4.69) is 70.3 Å². The van der Waals surface area contributed by atoms with Gasteiger partial charge in [0.1, 0.15) is 18.8 Å². The average molecular weight is 570 g/mol. The molecule has 1 amide bonds. The van der Waals surface area contributed by atoms with Crippen LogP contribution < -0.4 is 15.4 Å². The number of hydrogen-bond donors (Lipinski definition) is 3. The fraction of sp³-hybridized carbons (Fsp3) is 0.448. The van der Waals surface area contributed by atoms with Gasteiger partial charge in [-0.1, -0.05) is 29.5 Å². The molecule has 1 saturated heterocycles. The molecule has 0 unspecified atom stereocenters. The molecule has 0 bridgehead atoms. The first-order valence-electron chi connectivity index (χ1n) is 14.6. The maximum Gasteiger partial charge on any atom is 0.244 e. The Morgan fingerprint density at radius 2 is 1.86 bits per heavy atom. The van der Waals surface area contributed by atoms with Gasteiger partial charge in [-0.2, -0.15) is 0 Å². The van der Waals surface area contributed by atoms with Crippen LogP contribution in [0.15, 0.2) is 42.9 Å². The molecule has 3 aliphatic rings. The number of aromatic nitrogens is 7. The van der Waals surface area contributed by atoms with Gasteiger partial charge in [0, 0.05) is 75.9 Å². The van der Waals surface area contributed by atoms with Crippen LogP contribution in [0.1, 0.15) is 22.5 Å². The van der Waals surface area contributed by atoms with Crippen LogP contribution >= 0.6 is 0 Å². The van der Waals surface area contributed by atoms with Crippen molar-refractivity contribution >= 4 is 11.9 Å². The van der Waals surface area contributed by atoms with Gasteiger partial charge in [-0.3, -0.25) is 19.5 Å². The van der Waals surface area contributed by atoms with Crippen molar-refractivity contribution in [3.05, 3.63) is 65.4 Å². The highest BCUT2D eigenvalue weighted by atomic mass is 16.5. The van der Waals surface area contributed by atoms with E-state index in [4.69, 9.17) is 4.74 Å². The number of hydrogen-bond acceptors (Lipinski definition) is 10. The molecule has 13 nitrogen and oxygen atoms in total. The summed E-state index contributed by atoms with van der Waals surface area (Å²) < 4.78 is 7.85. The first kappa shape index (κ1) is 26.5. The molecule has 2 aliphatic heterocycles. The van der Waals surface area contributed by atoms with E-state index >= 15 is 0 Å². The van der Waals surface area contributed by atoms with Gasteiger partial charge >= 0.3 is 0 Å². The second-order valence-corrected chi connectivity index (χ2v) is 11.1. The van der Waals surface area contributed by atoms with Crippen LogP contribution in [0.4, 0.5) is 5.95 Å². The van der Waals surface area contributed by atoms with Crippen LogP contribution in [0, 0.1) is 0 Å². The van der Waals surface area contributed by atoms with E-state index in [-0.39, 0.29) is 18.5 Å². The number of aromatic amines is 1. The fourth-order valence-corrected chi connectivity index (χ4v) is 5.94. The SMILES string of the molecule is O=C(Cn1cc(-c2cnc(NC3Cc4ccccc4C3)nc2)c(OCCN2CCNCC2)n1)N1CCc2[nH]nnc2C1. The number of H-pyrrole nitrogens is 1. The monoisotopic (exact) mass is 569 g/mol. The number of ether oxygens (including phenoxy) is 1. The Hall–Kier alpha value is -4.36. The van der Waals surface area contributed by atoms with E-state index in [1.54, 1.807) is 22.0 Å². The quantitative estimate of drug-likeness (QED) is 0.266. The Morgan fingerprint density at radius 1 is 1.07 bits per heavy atom. The maximum absolute atomic E-state index is 13.2. The number of piperazine rings is 1. The minimum absolute atomic E-state index is 0.0292. The van der Waals surface area contributed by atoms with Gasteiger partial charge in [-0.15, -0.1) is 10.2 Å². The highest BCUT2D eigenvalue weighted by Crippen LogP contribution is 2.29. The third kappa shape index (κ3) is 5.83. The predicted molar refractivity (Wildman–Crippen MR) is 155 cm³/mol. The van der Waals surface area contributed by atoms with Crippen molar-refractivity contribution in [1.82, 2.24) is 50.3 Å². The lowest BCUT2D eigenvalue weighted by Gasteiger charge is -2.26. The predicted octanol–water partition coefficient (Wildman–Crippen LogP) is 0.906. The number of nitrogens with zero attached hydrogens (tertiary/aromatic N) is 8. The minimum atomic E-state index is -0.0292. The molecule has 0 spiro atoms. The van der Waals surface area contributed by atoms with E-state index in [1.165, 1.54) is 11.1 Å². The third-order valence-electron chi connectivity index (χ3n) is 8.26. The lowest BCUT2D eigenvalue weighted by Crippen LogP contribution is -2.44. The number of benzene rings is 1. The standard InChI is InChI=1S/C29H35N11O2/c41-27(39-8-5-25-26(18-39)35-37-34-25)19-40-17-24(28(36-40)42-12-11-38-9-6-30-7-10-38)22-15-31-29(32-16-22)33-23-13-20-3-1-2-4-21(20)14-23/h1-4,15-17,23,30H,5-14,18-19H2,(H,31,32,33)(H,34,35,37). The Bertz CT molecular complexity index is 1500. The summed E-state index contributed by atoms with van der Waals surface area (Å²) in [6.07, 6.45) is 8.07. The first-order valence-corrected chi connectivity index (χ1v) is 14.6. The molecular formula is C29H35N11O2. The molecule has 4 aromatic rings. The number of rotatable bonds is 9. The molecular weight excluding hydrogens is 534 g/mol. The number of nitrogens with one attached hydrogen (secondary N) is 3. The van der Waals surface area contributed by atoms with Crippen molar-refractivity contribution in [2.75, 3.05) is 51.2 Å². The van der Waals surface area contributed by atoms with Crippen molar-refractivity contribution in [3.8, 4) is 17.0 Å². The van der Waals surface area contributed by atoms with E-state index in [0.717, 1.165) is 68.1 Å². The molecule has 5 heterocycles. The van der Waals surface area contributed by atoms with Crippen molar-refractivity contribution in [1.29, 1.82) is 0 Å². The molecule has 0 atom stereocenters. The Kier molecular flexibility index (Phi) is 7.49. The minimum Gasteiger partial charge on any atom is -0.475 e. The molecule has 3 N–H and O–H groups in total. The summed E-state index contributed by atoms with van der Waals surface area (Å²) in [5, 5.41) is 22.4. The zero-order valence-electron chi connectivity index (χ0n) is 23.5. The molecule has 0 saturated carbocycles. The van der Waals surface area contributed by atoms with Gasteiger partial charge in [0.25, 0.3) is 0 Å². The molecule has 218 valence electrons. The highest BCUT2D eigenvalue weighted by molar-refractivity contribution is 5.76. The van der Waals surface area contributed by atoms with Gasteiger partial charge in [0.15, 0.2) is 0 Å². The van der Waals surface area contributed by atoms with Crippen molar-refractivity contribution in [2.45, 2.75) is 38.4 Å². The molecule has 1 fully saturated rings. The van der Waals surface area contributed by atoms with Crippen LogP contribution in [-0.2, 0) is 37.1 Å². The molecule has 42 heavy (non-hydrogen) atoms. The summed E-state index contributed by atoms with van der Waals surface area (Å²) in [5.41, 5.74) is 6.12. The smallest absolute Gasteiger partial charge is 0.244 e. The van der Waals surface area contributed by atoms with Crippen LogP contribution in [0.3, 0.4) is 0 Å². The van der Waals surface area contributed by atoms with Gasteiger partial charge in [0.05, 0.1) is 17.8 Å². The largest absolute Gasteiger partial charge is 0.475 e. The third-order valence-corrected chi connectivity index (χ3v) is 8.26. The summed E-state index contributed by atoms with van der Waals surface area (Å²) in [7, 11) is 0. The van der Waals surface area contributed by atoms with Crippen molar-refractivity contribution in [2.24, 2.45) is 0 Å². The second kappa shape index (κ2) is 11.9. The number of anilines is 1. The van der Waals surface area contributed by atoms with Gasteiger partial charge in [-0.25, -0.2) is 9.97 Å². The van der Waals surface area contributed by atoms with Crippen LogP contribution in [0.5, 0.6) is 5.88 Å². The Labute approximate surface area is 243 Å². The van der Waals surface area contributed by atoms with Crippen LogP contribution in [-0.4, -0.2) is 103 Å². The normalized spacial score (nSPS) is 17.2. The Balaban J connectivity index is 1.05. The summed E-state index contributed by atoms with van der Waals surface area (Å²) in [6, 6.07) is 8.81. The molecule has 7 rings (SSSR count). The number of carbonyl (C=O) groups is 1. The first-order chi connectivity index (χ1) is 20.7. The number of amides is 1. The lowest BCUT2D eigenvalue weighted by atomic mass is 10.1. The van der Waals surface area contributed by atoms with E-state index < -0.39 is 0 Å². The van der Waals surface area contributed by atoms with Crippen LogP contribution in [0.2, 0.25) is 0 Å². The summed E-state index contributed by atoms with van der Waals surface area (Å²) in [4.78, 5) is 26.6. The Morgan fingerprint density at radius 3 is 2.64 bits per heavy atom. The summed E-state index contributed by atoms with van der Waals surface area (Å²) in [6.45, 7) is 6.44. The molecule has 13 heteroatoms. The lowest BCUT2D eigenvalue weighted by molar-refractivity contribution is -0.133. The molecule has 1 aromatic carbocycles. The number of carbonyl (C=O) groups excluding carboxylic acids is 1. The number of fused-ring (bicyclic) bond motifs is 2. The van der Waals surface area contributed by atoms with E-state index in [0.29, 0.717) is 37.9 Å². The van der Waals surface area contributed by atoms with Gasteiger partial charge < -0.3 is 20.3 Å². The summed E-state index contributed by atoms with van der Waals surface area (Å²) in [5.74, 6) is 1.04. The van der Waals surface area contributed by atoms with Crippen molar-refractivity contribution < 1.29 is 9.53 Å². The molecule has 1 aliphatic carbocycles. The maximum atomic E-state index is 13.2. The van der Waals surface area contributed by atoms with Gasteiger partial charge in [-0.05, 0) is 24.0 Å². The highest BCUT2D eigenvalue weighted by Gasteiger charge is 2.25. The molecule has 0 radical (unpaired) electrons. The average Bonchev–Trinajstić information content (AvgIpc) is 3.76. The second-order valence-electron chi connectivity index (χ2n) is 11.1. The summed E-state index contributed by atoms with van der Waals surface area (Å²) >= 11 is 0.